The third-order valence-corrected chi connectivity index (χ3v) is 7.73. The molecule has 9 nitrogen and oxygen atoms in total. The van der Waals surface area contributed by atoms with E-state index >= 15 is 0 Å². The molecule has 0 aliphatic heterocycles. The second kappa shape index (κ2) is 9.20. The van der Waals surface area contributed by atoms with Crippen molar-refractivity contribution >= 4 is 62.4 Å². The van der Waals surface area contributed by atoms with Crippen LogP contribution in [0.5, 0.6) is 0 Å². The quantitative estimate of drug-likeness (QED) is 0.435. The van der Waals surface area contributed by atoms with Gasteiger partial charge in [0.2, 0.25) is 11.8 Å². The zero-order valence-corrected chi connectivity index (χ0v) is 19.5. The van der Waals surface area contributed by atoms with Crippen LogP contribution in [0.2, 0.25) is 0 Å². The van der Waals surface area contributed by atoms with Crippen LogP contribution in [0, 0.1) is 12.8 Å². The maximum absolute atomic E-state index is 12.7. The topological polar surface area (TPSA) is 130 Å². The fourth-order valence-corrected chi connectivity index (χ4v) is 5.27. The summed E-state index contributed by atoms with van der Waals surface area (Å²) in [5.74, 6) is 0.198. The predicted molar refractivity (Wildman–Crippen MR) is 127 cm³/mol. The Morgan fingerprint density at radius 2 is 1.76 bits per heavy atom. The van der Waals surface area contributed by atoms with Crippen LogP contribution >= 0.6 is 11.3 Å². The Morgan fingerprint density at radius 1 is 1.06 bits per heavy atom. The van der Waals surface area contributed by atoms with Crippen LogP contribution < -0.4 is 15.4 Å². The number of carbonyl (C=O) groups is 2. The van der Waals surface area contributed by atoms with Crippen LogP contribution in [0.1, 0.15) is 36.1 Å². The first-order valence-corrected chi connectivity index (χ1v) is 12.5. The van der Waals surface area contributed by atoms with Crippen molar-refractivity contribution in [1.82, 2.24) is 5.16 Å². The van der Waals surface area contributed by atoms with Gasteiger partial charge < -0.3 is 15.2 Å². The molecule has 4 rings (SSSR count). The van der Waals surface area contributed by atoms with Crippen molar-refractivity contribution < 1.29 is 22.5 Å². The van der Waals surface area contributed by atoms with Crippen molar-refractivity contribution in [3.63, 3.8) is 0 Å². The molecular formula is C22H22N4O5S2. The average molecular weight is 487 g/mol. The minimum atomic E-state index is -3.78. The van der Waals surface area contributed by atoms with Gasteiger partial charge in [-0.15, -0.1) is 11.3 Å². The SMILES string of the molecule is CC(=O)Nc1ccc(NS(=O)(=O)c2ccc(C=Cc3onc(C)c3NC(=O)C3CC3)s2)cc1. The fraction of sp³-hybridized carbons (Fsp3) is 0.227. The number of thiophene rings is 1. The minimum absolute atomic E-state index is 0.0448. The van der Waals surface area contributed by atoms with Gasteiger partial charge in [0.1, 0.15) is 15.6 Å². The van der Waals surface area contributed by atoms with Gasteiger partial charge in [0, 0.05) is 29.1 Å². The number of hydrogen-bond acceptors (Lipinski definition) is 7. The summed E-state index contributed by atoms with van der Waals surface area (Å²) in [7, 11) is -3.78. The Hall–Kier alpha value is -3.44. The van der Waals surface area contributed by atoms with E-state index in [1.165, 1.54) is 13.0 Å². The van der Waals surface area contributed by atoms with Crippen molar-refractivity contribution in [2.24, 2.45) is 5.92 Å². The summed E-state index contributed by atoms with van der Waals surface area (Å²) in [5, 5.41) is 9.39. The molecule has 172 valence electrons. The van der Waals surface area contributed by atoms with Crippen LogP contribution in [0.15, 0.2) is 45.1 Å². The molecule has 1 aromatic carbocycles. The maximum atomic E-state index is 12.7. The van der Waals surface area contributed by atoms with E-state index in [-0.39, 0.29) is 21.9 Å². The molecule has 1 aliphatic carbocycles. The highest BCUT2D eigenvalue weighted by Gasteiger charge is 2.30. The summed E-state index contributed by atoms with van der Waals surface area (Å²) in [4.78, 5) is 23.9. The summed E-state index contributed by atoms with van der Waals surface area (Å²) in [6.45, 7) is 3.14. The van der Waals surface area contributed by atoms with E-state index in [1.54, 1.807) is 49.4 Å². The predicted octanol–water partition coefficient (Wildman–Crippen LogP) is 4.32. The molecule has 0 unspecified atom stereocenters. The highest BCUT2D eigenvalue weighted by Crippen LogP contribution is 2.32. The standard InChI is InChI=1S/C22H22N4O5S2/c1-13-21(24-22(28)15-3-4-15)19(31-25-13)11-9-18-10-12-20(32-18)33(29,30)26-17-7-5-16(6-8-17)23-14(2)27/h5-12,15,26H,3-4H2,1-2H3,(H,23,27)(H,24,28). The Labute approximate surface area is 194 Å². The number of sulfonamides is 1. The Bertz CT molecular complexity index is 1320. The highest BCUT2D eigenvalue weighted by molar-refractivity contribution is 7.94. The molecule has 3 N–H and O–H groups in total. The van der Waals surface area contributed by atoms with E-state index < -0.39 is 10.0 Å². The molecule has 0 saturated heterocycles. The van der Waals surface area contributed by atoms with E-state index in [9.17, 15) is 18.0 Å². The molecule has 2 amide bonds. The molecule has 2 aromatic heterocycles. The lowest BCUT2D eigenvalue weighted by atomic mass is 10.2. The summed E-state index contributed by atoms with van der Waals surface area (Å²) in [6.07, 6.45) is 5.14. The van der Waals surface area contributed by atoms with Gasteiger partial charge in [0.15, 0.2) is 5.76 Å². The molecular weight excluding hydrogens is 464 g/mol. The monoisotopic (exact) mass is 486 g/mol. The molecule has 0 spiro atoms. The summed E-state index contributed by atoms with van der Waals surface area (Å²) in [6, 6.07) is 9.56. The normalized spacial score (nSPS) is 13.8. The van der Waals surface area contributed by atoms with E-state index in [0.717, 1.165) is 24.2 Å². The number of nitrogens with one attached hydrogen (secondary N) is 3. The number of carbonyl (C=O) groups excluding carboxylic acids is 2. The summed E-state index contributed by atoms with van der Waals surface area (Å²) in [5.41, 5.74) is 2.05. The fourth-order valence-electron chi connectivity index (χ4n) is 2.98. The van der Waals surface area contributed by atoms with Crippen molar-refractivity contribution in [3.8, 4) is 0 Å². The van der Waals surface area contributed by atoms with Crippen molar-refractivity contribution in [1.29, 1.82) is 0 Å². The summed E-state index contributed by atoms with van der Waals surface area (Å²) < 4.78 is 33.4. The second-order valence-corrected chi connectivity index (χ2v) is 10.6. The number of anilines is 3. The number of nitrogens with zero attached hydrogens (tertiary/aromatic N) is 1. The summed E-state index contributed by atoms with van der Waals surface area (Å²) >= 11 is 1.09. The van der Waals surface area contributed by atoms with Crippen LogP contribution in [0.25, 0.3) is 12.2 Å². The van der Waals surface area contributed by atoms with Crippen molar-refractivity contribution in [3.05, 3.63) is 52.7 Å². The zero-order chi connectivity index (χ0) is 23.6. The molecule has 0 atom stereocenters. The largest absolute Gasteiger partial charge is 0.354 e. The number of aromatic nitrogens is 1. The Kier molecular flexibility index (Phi) is 6.34. The first-order valence-electron chi connectivity index (χ1n) is 10.2. The molecule has 1 aliphatic rings. The second-order valence-electron chi connectivity index (χ2n) is 7.62. The van der Waals surface area contributed by atoms with Crippen LogP contribution in [0.3, 0.4) is 0 Å². The molecule has 1 saturated carbocycles. The Morgan fingerprint density at radius 3 is 2.42 bits per heavy atom. The van der Waals surface area contributed by atoms with E-state index in [0.29, 0.717) is 33.4 Å². The zero-order valence-electron chi connectivity index (χ0n) is 17.9. The van der Waals surface area contributed by atoms with Gasteiger partial charge in [-0.25, -0.2) is 8.42 Å². The molecule has 0 radical (unpaired) electrons. The third kappa shape index (κ3) is 5.68. The van der Waals surface area contributed by atoms with E-state index in [2.05, 4.69) is 20.5 Å². The first kappa shape index (κ1) is 22.7. The van der Waals surface area contributed by atoms with Gasteiger partial charge >= 0.3 is 0 Å². The van der Waals surface area contributed by atoms with Crippen molar-refractivity contribution in [2.75, 3.05) is 15.4 Å². The number of rotatable bonds is 8. The third-order valence-electron chi connectivity index (χ3n) is 4.81. The molecule has 1 fully saturated rings. The number of aryl methyl sites for hydroxylation is 1. The van der Waals surface area contributed by atoms with Crippen LogP contribution in [-0.2, 0) is 19.6 Å². The molecule has 11 heteroatoms. The first-order chi connectivity index (χ1) is 15.7. The number of benzene rings is 1. The van der Waals surface area contributed by atoms with E-state index in [1.807, 2.05) is 0 Å². The smallest absolute Gasteiger partial charge is 0.271 e. The lowest BCUT2D eigenvalue weighted by Gasteiger charge is -2.07. The molecule has 33 heavy (non-hydrogen) atoms. The highest BCUT2D eigenvalue weighted by atomic mass is 32.2. The lowest BCUT2D eigenvalue weighted by molar-refractivity contribution is -0.117. The lowest BCUT2D eigenvalue weighted by Crippen LogP contribution is -2.14. The van der Waals surface area contributed by atoms with Crippen molar-refractivity contribution in [2.45, 2.75) is 30.9 Å². The van der Waals surface area contributed by atoms with Gasteiger partial charge in [-0.2, -0.15) is 0 Å². The molecule has 0 bridgehead atoms. The number of amides is 2. The van der Waals surface area contributed by atoms with Gasteiger partial charge in [-0.3, -0.25) is 14.3 Å². The van der Waals surface area contributed by atoms with Gasteiger partial charge in [-0.05, 0) is 68.3 Å². The number of hydrogen-bond donors (Lipinski definition) is 3. The average Bonchev–Trinajstić information content (AvgIpc) is 3.40. The van der Waals surface area contributed by atoms with Gasteiger partial charge in [0.05, 0.1) is 0 Å². The minimum Gasteiger partial charge on any atom is -0.354 e. The van der Waals surface area contributed by atoms with E-state index in [4.69, 9.17) is 4.52 Å². The van der Waals surface area contributed by atoms with Gasteiger partial charge in [-0.1, -0.05) is 5.16 Å². The van der Waals surface area contributed by atoms with Gasteiger partial charge in [0.25, 0.3) is 10.0 Å². The van der Waals surface area contributed by atoms with Crippen LogP contribution in [0.4, 0.5) is 17.1 Å². The molecule has 2 heterocycles. The Balaban J connectivity index is 1.45. The molecule has 3 aromatic rings. The maximum Gasteiger partial charge on any atom is 0.271 e. The van der Waals surface area contributed by atoms with Crippen LogP contribution in [-0.4, -0.2) is 25.4 Å².